The summed E-state index contributed by atoms with van der Waals surface area (Å²) in [5.41, 5.74) is 3.39. The van der Waals surface area contributed by atoms with E-state index in [1.54, 1.807) is 0 Å². The third-order valence-electron chi connectivity index (χ3n) is 3.99. The van der Waals surface area contributed by atoms with Gasteiger partial charge >= 0.3 is 0 Å². The number of hydrogen-bond acceptors (Lipinski definition) is 5. The lowest BCUT2D eigenvalue weighted by Crippen LogP contribution is -2.24. The summed E-state index contributed by atoms with van der Waals surface area (Å²) in [5, 5.41) is 0. The van der Waals surface area contributed by atoms with E-state index in [1.165, 1.54) is 12.0 Å². The van der Waals surface area contributed by atoms with Crippen molar-refractivity contribution in [3.63, 3.8) is 0 Å². The number of likely N-dealkylation sites (tertiary alicyclic amines) is 1. The number of aromatic nitrogens is 3. The van der Waals surface area contributed by atoms with Crippen LogP contribution in [-0.4, -0.2) is 45.4 Å². The number of rotatable bonds is 5. The summed E-state index contributed by atoms with van der Waals surface area (Å²) in [6, 6.07) is 4.50. The fourth-order valence-corrected chi connectivity index (χ4v) is 3.06. The fraction of sp³-hybridized carbons (Fsp3) is 0.471. The van der Waals surface area contributed by atoms with Crippen molar-refractivity contribution >= 4 is 0 Å². The molecule has 2 aromatic rings. The maximum Gasteiger partial charge on any atom is 0.0762 e. The Morgan fingerprint density at radius 1 is 1.23 bits per heavy atom. The van der Waals surface area contributed by atoms with Crippen LogP contribution in [0, 0.1) is 0 Å². The highest BCUT2D eigenvalue weighted by atomic mass is 15.2. The van der Waals surface area contributed by atoms with E-state index in [0.29, 0.717) is 6.04 Å². The highest BCUT2D eigenvalue weighted by Gasteiger charge is 2.27. The Morgan fingerprint density at radius 2 is 2.14 bits per heavy atom. The predicted octanol–water partition coefficient (Wildman–Crippen LogP) is 2.27. The van der Waals surface area contributed by atoms with Gasteiger partial charge in [-0.2, -0.15) is 0 Å². The lowest BCUT2D eigenvalue weighted by atomic mass is 10.1. The van der Waals surface area contributed by atoms with Crippen LogP contribution in [0.15, 0.2) is 36.9 Å². The summed E-state index contributed by atoms with van der Waals surface area (Å²) in [6.07, 6.45) is 9.92. The molecule has 1 saturated heterocycles. The van der Waals surface area contributed by atoms with Gasteiger partial charge in [0.2, 0.25) is 0 Å². The van der Waals surface area contributed by atoms with Gasteiger partial charge in [-0.3, -0.25) is 19.9 Å². The van der Waals surface area contributed by atoms with E-state index in [1.807, 2.05) is 30.9 Å². The zero-order valence-electron chi connectivity index (χ0n) is 13.3. The van der Waals surface area contributed by atoms with Crippen LogP contribution < -0.4 is 0 Å². The first-order valence-electron chi connectivity index (χ1n) is 7.81. The highest BCUT2D eigenvalue weighted by molar-refractivity contribution is 5.13. The van der Waals surface area contributed by atoms with Crippen molar-refractivity contribution in [3.05, 3.63) is 53.9 Å². The molecule has 3 heterocycles. The standard InChI is InChI=1S/C17H23N5/c1-21(2)13-15-10-19-11-16(20-15)17-6-4-8-22(17)12-14-5-3-7-18-9-14/h3,5,7,9-11,17H,4,6,8,12-13H2,1-2H3/t17-/m0/s1. The second-order valence-corrected chi connectivity index (χ2v) is 6.16. The number of hydrogen-bond donors (Lipinski definition) is 0. The van der Waals surface area contributed by atoms with Crippen LogP contribution in [-0.2, 0) is 13.1 Å². The Hall–Kier alpha value is -1.85. The topological polar surface area (TPSA) is 45.2 Å². The Labute approximate surface area is 132 Å². The van der Waals surface area contributed by atoms with Crippen LogP contribution in [0.5, 0.6) is 0 Å². The van der Waals surface area contributed by atoms with Gasteiger partial charge in [0.1, 0.15) is 0 Å². The van der Waals surface area contributed by atoms with Crippen molar-refractivity contribution in [2.75, 3.05) is 20.6 Å². The second-order valence-electron chi connectivity index (χ2n) is 6.16. The quantitative estimate of drug-likeness (QED) is 0.847. The normalized spacial score (nSPS) is 19.0. The zero-order valence-corrected chi connectivity index (χ0v) is 13.3. The molecule has 0 aromatic carbocycles. The van der Waals surface area contributed by atoms with E-state index < -0.39 is 0 Å². The molecule has 2 aromatic heterocycles. The summed E-state index contributed by atoms with van der Waals surface area (Å²) < 4.78 is 0. The van der Waals surface area contributed by atoms with Gasteiger partial charge in [0.15, 0.2) is 0 Å². The Kier molecular flexibility index (Phi) is 4.75. The molecule has 116 valence electrons. The summed E-state index contributed by atoms with van der Waals surface area (Å²) in [5.74, 6) is 0. The average Bonchev–Trinajstić information content (AvgIpc) is 2.96. The van der Waals surface area contributed by atoms with E-state index in [-0.39, 0.29) is 0 Å². The maximum atomic E-state index is 4.83. The van der Waals surface area contributed by atoms with Gasteiger partial charge < -0.3 is 4.90 Å². The monoisotopic (exact) mass is 297 g/mol. The van der Waals surface area contributed by atoms with Gasteiger partial charge in [-0.1, -0.05) is 6.07 Å². The molecule has 0 aliphatic carbocycles. The van der Waals surface area contributed by atoms with Gasteiger partial charge in [0.05, 0.1) is 17.4 Å². The molecule has 0 saturated carbocycles. The molecular formula is C17H23N5. The van der Waals surface area contributed by atoms with Gasteiger partial charge in [-0.05, 0) is 45.1 Å². The molecule has 1 atom stereocenters. The van der Waals surface area contributed by atoms with Crippen molar-refractivity contribution in [1.82, 2.24) is 24.8 Å². The van der Waals surface area contributed by atoms with Crippen molar-refractivity contribution in [1.29, 1.82) is 0 Å². The SMILES string of the molecule is CN(C)Cc1cncc([C@@H]2CCCN2Cc2cccnc2)n1. The van der Waals surface area contributed by atoms with Gasteiger partial charge in [-0.25, -0.2) is 0 Å². The summed E-state index contributed by atoms with van der Waals surface area (Å²) in [4.78, 5) is 18.0. The lowest BCUT2D eigenvalue weighted by molar-refractivity contribution is 0.243. The first-order chi connectivity index (χ1) is 10.7. The maximum absolute atomic E-state index is 4.83. The molecule has 0 unspecified atom stereocenters. The molecule has 1 aliphatic rings. The molecule has 1 aliphatic heterocycles. The zero-order chi connectivity index (χ0) is 15.4. The third-order valence-corrected chi connectivity index (χ3v) is 3.99. The minimum Gasteiger partial charge on any atom is -0.304 e. The molecule has 0 N–H and O–H groups in total. The molecule has 1 fully saturated rings. The highest BCUT2D eigenvalue weighted by Crippen LogP contribution is 2.31. The molecule has 0 radical (unpaired) electrons. The van der Waals surface area contributed by atoms with Crippen LogP contribution in [0.2, 0.25) is 0 Å². The van der Waals surface area contributed by atoms with E-state index in [4.69, 9.17) is 4.98 Å². The molecule has 3 rings (SSSR count). The minimum atomic E-state index is 0.370. The predicted molar refractivity (Wildman–Crippen MR) is 86.0 cm³/mol. The Morgan fingerprint density at radius 3 is 2.91 bits per heavy atom. The molecule has 5 heteroatoms. The molecule has 22 heavy (non-hydrogen) atoms. The van der Waals surface area contributed by atoms with Crippen molar-refractivity contribution < 1.29 is 0 Å². The Bertz CT molecular complexity index is 599. The number of pyridine rings is 1. The molecule has 0 spiro atoms. The minimum absolute atomic E-state index is 0.370. The van der Waals surface area contributed by atoms with Crippen molar-refractivity contribution in [3.8, 4) is 0 Å². The summed E-state index contributed by atoms with van der Waals surface area (Å²) in [6.45, 7) is 2.87. The first-order valence-corrected chi connectivity index (χ1v) is 7.81. The van der Waals surface area contributed by atoms with Crippen molar-refractivity contribution in [2.45, 2.75) is 32.0 Å². The van der Waals surface area contributed by atoms with E-state index in [2.05, 4.69) is 39.9 Å². The second kappa shape index (κ2) is 6.94. The molecule has 5 nitrogen and oxygen atoms in total. The smallest absolute Gasteiger partial charge is 0.0762 e. The molecule has 0 amide bonds. The van der Waals surface area contributed by atoms with Crippen LogP contribution in [0.25, 0.3) is 0 Å². The molecular weight excluding hydrogens is 274 g/mol. The summed E-state index contributed by atoms with van der Waals surface area (Å²) in [7, 11) is 4.11. The van der Waals surface area contributed by atoms with Crippen LogP contribution >= 0.6 is 0 Å². The average molecular weight is 297 g/mol. The summed E-state index contributed by atoms with van der Waals surface area (Å²) >= 11 is 0. The van der Waals surface area contributed by atoms with E-state index in [9.17, 15) is 0 Å². The Balaban J connectivity index is 1.75. The van der Waals surface area contributed by atoms with Crippen LogP contribution in [0.1, 0.15) is 35.8 Å². The van der Waals surface area contributed by atoms with Crippen LogP contribution in [0.4, 0.5) is 0 Å². The number of nitrogens with zero attached hydrogens (tertiary/aromatic N) is 5. The van der Waals surface area contributed by atoms with Gasteiger partial charge in [-0.15, -0.1) is 0 Å². The van der Waals surface area contributed by atoms with Crippen LogP contribution in [0.3, 0.4) is 0 Å². The van der Waals surface area contributed by atoms with E-state index in [0.717, 1.165) is 37.4 Å². The largest absolute Gasteiger partial charge is 0.304 e. The van der Waals surface area contributed by atoms with E-state index >= 15 is 0 Å². The first kappa shape index (κ1) is 15.1. The molecule has 0 bridgehead atoms. The fourth-order valence-electron chi connectivity index (χ4n) is 3.06. The van der Waals surface area contributed by atoms with Crippen molar-refractivity contribution in [2.24, 2.45) is 0 Å². The van der Waals surface area contributed by atoms with Gasteiger partial charge in [0.25, 0.3) is 0 Å². The third kappa shape index (κ3) is 3.67. The van der Waals surface area contributed by atoms with Gasteiger partial charge in [0, 0.05) is 37.9 Å². The lowest BCUT2D eigenvalue weighted by Gasteiger charge is -2.24.